The first-order valence-corrected chi connectivity index (χ1v) is 10.7. The van der Waals surface area contributed by atoms with Crippen LogP contribution in [0, 0.1) is 0 Å². The largest absolute Gasteiger partial charge is 0.378 e. The Balaban J connectivity index is 1.33. The van der Waals surface area contributed by atoms with Gasteiger partial charge in [-0.1, -0.05) is 17.7 Å². The number of hydrogen-bond acceptors (Lipinski definition) is 5. The molecule has 1 saturated heterocycles. The number of rotatable bonds is 6. The van der Waals surface area contributed by atoms with E-state index >= 15 is 0 Å². The number of ether oxygens (including phenoxy) is 1. The molecule has 4 rings (SSSR count). The third kappa shape index (κ3) is 5.27. The Labute approximate surface area is 191 Å². The van der Waals surface area contributed by atoms with Gasteiger partial charge in [-0.2, -0.15) is 5.10 Å². The summed E-state index contributed by atoms with van der Waals surface area (Å²) in [5, 5.41) is 7.64. The summed E-state index contributed by atoms with van der Waals surface area (Å²) in [5.74, 6) is -0.571. The Morgan fingerprint density at radius 1 is 1.12 bits per heavy atom. The van der Waals surface area contributed by atoms with E-state index in [1.807, 2.05) is 36.4 Å². The first-order chi connectivity index (χ1) is 15.5. The van der Waals surface area contributed by atoms with Crippen LogP contribution in [0.3, 0.4) is 0 Å². The van der Waals surface area contributed by atoms with Crippen molar-refractivity contribution in [3.8, 4) is 5.69 Å². The number of morpholine rings is 1. The monoisotopic (exact) mass is 453 g/mol. The van der Waals surface area contributed by atoms with E-state index in [-0.39, 0.29) is 18.4 Å². The molecule has 3 aromatic rings. The molecule has 0 radical (unpaired) electrons. The number of carbonyl (C=O) groups is 2. The Bertz CT molecular complexity index is 1090. The minimum atomic E-state index is -0.295. The number of likely N-dealkylation sites (N-methyl/N-ethyl adjacent to an activating group) is 1. The fourth-order valence-corrected chi connectivity index (χ4v) is 3.66. The lowest BCUT2D eigenvalue weighted by Crippen LogP contribution is -2.36. The van der Waals surface area contributed by atoms with Gasteiger partial charge in [0, 0.05) is 42.7 Å². The maximum atomic E-state index is 12.7. The quantitative estimate of drug-likeness (QED) is 0.620. The molecule has 2 amide bonds. The molecule has 2 aromatic carbocycles. The van der Waals surface area contributed by atoms with Gasteiger partial charge in [0.05, 0.1) is 37.2 Å². The van der Waals surface area contributed by atoms with E-state index in [1.54, 1.807) is 30.1 Å². The average Bonchev–Trinajstić information content (AvgIpc) is 3.30. The van der Waals surface area contributed by atoms with E-state index < -0.39 is 0 Å². The van der Waals surface area contributed by atoms with Gasteiger partial charge < -0.3 is 19.9 Å². The van der Waals surface area contributed by atoms with Crippen molar-refractivity contribution in [1.29, 1.82) is 0 Å². The second-order valence-electron chi connectivity index (χ2n) is 7.51. The standard InChI is InChI=1S/C23H24ClN5O3/c1-27(23(31)17-14-25-29(15-17)21-4-2-3-18(24)13-21)16-22(30)26-19-5-7-20(8-6-19)28-9-11-32-12-10-28/h2-8,13-15H,9-12,16H2,1H3,(H,26,30). The molecule has 8 nitrogen and oxygen atoms in total. The van der Waals surface area contributed by atoms with Crippen LogP contribution in [0.15, 0.2) is 60.9 Å². The molecule has 0 atom stereocenters. The minimum Gasteiger partial charge on any atom is -0.378 e. The van der Waals surface area contributed by atoms with Crippen LogP contribution in [0.5, 0.6) is 0 Å². The number of nitrogens with zero attached hydrogens (tertiary/aromatic N) is 4. The molecule has 166 valence electrons. The van der Waals surface area contributed by atoms with Crippen LogP contribution in [0.2, 0.25) is 5.02 Å². The van der Waals surface area contributed by atoms with Gasteiger partial charge in [-0.15, -0.1) is 0 Å². The molecule has 0 bridgehead atoms. The number of carbonyl (C=O) groups excluding carboxylic acids is 2. The van der Waals surface area contributed by atoms with E-state index in [9.17, 15) is 9.59 Å². The summed E-state index contributed by atoms with van der Waals surface area (Å²) in [7, 11) is 1.58. The highest BCUT2D eigenvalue weighted by Crippen LogP contribution is 2.19. The first kappa shape index (κ1) is 21.9. The molecule has 1 N–H and O–H groups in total. The highest BCUT2D eigenvalue weighted by molar-refractivity contribution is 6.30. The van der Waals surface area contributed by atoms with Crippen LogP contribution in [0.1, 0.15) is 10.4 Å². The van der Waals surface area contributed by atoms with Crippen molar-refractivity contribution in [2.45, 2.75) is 0 Å². The first-order valence-electron chi connectivity index (χ1n) is 10.3. The van der Waals surface area contributed by atoms with Crippen molar-refractivity contribution < 1.29 is 14.3 Å². The van der Waals surface area contributed by atoms with Crippen LogP contribution >= 0.6 is 11.6 Å². The zero-order valence-corrected chi connectivity index (χ0v) is 18.5. The molecule has 0 unspecified atom stereocenters. The van der Waals surface area contributed by atoms with E-state index in [2.05, 4.69) is 15.3 Å². The normalized spacial score (nSPS) is 13.6. The lowest BCUT2D eigenvalue weighted by molar-refractivity contribution is -0.116. The summed E-state index contributed by atoms with van der Waals surface area (Å²) in [6.07, 6.45) is 3.09. The minimum absolute atomic E-state index is 0.0770. The molecule has 1 aliphatic rings. The Morgan fingerprint density at radius 3 is 2.59 bits per heavy atom. The zero-order valence-electron chi connectivity index (χ0n) is 17.7. The fourth-order valence-electron chi connectivity index (χ4n) is 3.48. The maximum absolute atomic E-state index is 12.7. The maximum Gasteiger partial charge on any atom is 0.257 e. The van der Waals surface area contributed by atoms with Crippen LogP contribution in [0.4, 0.5) is 11.4 Å². The molecular formula is C23H24ClN5O3. The van der Waals surface area contributed by atoms with Crippen molar-refractivity contribution in [3.63, 3.8) is 0 Å². The SMILES string of the molecule is CN(CC(=O)Nc1ccc(N2CCOCC2)cc1)C(=O)c1cnn(-c2cccc(Cl)c2)c1. The van der Waals surface area contributed by atoms with Gasteiger partial charge in [-0.3, -0.25) is 9.59 Å². The van der Waals surface area contributed by atoms with Crippen molar-refractivity contribution >= 4 is 34.8 Å². The molecular weight excluding hydrogens is 430 g/mol. The third-order valence-corrected chi connectivity index (χ3v) is 5.39. The van der Waals surface area contributed by atoms with Gasteiger partial charge in [0.2, 0.25) is 5.91 Å². The molecule has 1 fully saturated rings. The molecule has 2 heterocycles. The van der Waals surface area contributed by atoms with Gasteiger partial charge in [-0.05, 0) is 42.5 Å². The number of nitrogens with one attached hydrogen (secondary N) is 1. The van der Waals surface area contributed by atoms with Crippen molar-refractivity contribution in [2.24, 2.45) is 0 Å². The zero-order chi connectivity index (χ0) is 22.5. The number of amides is 2. The van der Waals surface area contributed by atoms with E-state index in [4.69, 9.17) is 16.3 Å². The summed E-state index contributed by atoms with van der Waals surface area (Å²) in [6.45, 7) is 3.07. The van der Waals surface area contributed by atoms with Crippen LogP contribution in [0.25, 0.3) is 5.69 Å². The third-order valence-electron chi connectivity index (χ3n) is 5.16. The summed E-state index contributed by atoms with van der Waals surface area (Å²) in [6, 6.07) is 14.8. The summed E-state index contributed by atoms with van der Waals surface area (Å²) < 4.78 is 6.95. The predicted molar refractivity (Wildman–Crippen MR) is 124 cm³/mol. The van der Waals surface area contributed by atoms with E-state index in [0.29, 0.717) is 16.3 Å². The Morgan fingerprint density at radius 2 is 1.88 bits per heavy atom. The van der Waals surface area contributed by atoms with Gasteiger partial charge in [-0.25, -0.2) is 4.68 Å². The summed E-state index contributed by atoms with van der Waals surface area (Å²) in [4.78, 5) is 28.8. The number of hydrogen-bond donors (Lipinski definition) is 1. The van der Waals surface area contributed by atoms with Gasteiger partial charge >= 0.3 is 0 Å². The number of halogens is 1. The lowest BCUT2D eigenvalue weighted by atomic mass is 10.2. The predicted octanol–water partition coefficient (Wildman–Crippen LogP) is 3.07. The smallest absolute Gasteiger partial charge is 0.257 e. The van der Waals surface area contributed by atoms with Gasteiger partial charge in [0.15, 0.2) is 0 Å². The van der Waals surface area contributed by atoms with Crippen LogP contribution in [-0.2, 0) is 9.53 Å². The van der Waals surface area contributed by atoms with Crippen molar-refractivity contribution in [3.05, 3.63) is 71.5 Å². The molecule has 1 aromatic heterocycles. The number of benzene rings is 2. The molecule has 0 saturated carbocycles. The van der Waals surface area contributed by atoms with Gasteiger partial charge in [0.25, 0.3) is 5.91 Å². The van der Waals surface area contributed by atoms with Crippen molar-refractivity contribution in [2.75, 3.05) is 50.1 Å². The lowest BCUT2D eigenvalue weighted by Gasteiger charge is -2.28. The Hall–Kier alpha value is -3.36. The second kappa shape index (κ2) is 9.84. The molecule has 9 heteroatoms. The Kier molecular flexibility index (Phi) is 6.72. The van der Waals surface area contributed by atoms with Crippen LogP contribution < -0.4 is 10.2 Å². The van der Waals surface area contributed by atoms with E-state index in [0.717, 1.165) is 37.7 Å². The highest BCUT2D eigenvalue weighted by atomic mass is 35.5. The van der Waals surface area contributed by atoms with Crippen molar-refractivity contribution in [1.82, 2.24) is 14.7 Å². The highest BCUT2D eigenvalue weighted by Gasteiger charge is 2.17. The van der Waals surface area contributed by atoms with E-state index in [1.165, 1.54) is 11.1 Å². The molecule has 32 heavy (non-hydrogen) atoms. The molecule has 1 aliphatic heterocycles. The molecule has 0 spiro atoms. The number of anilines is 2. The summed E-state index contributed by atoms with van der Waals surface area (Å²) in [5.41, 5.74) is 2.91. The van der Waals surface area contributed by atoms with Crippen LogP contribution in [-0.4, -0.2) is 66.4 Å². The van der Waals surface area contributed by atoms with Gasteiger partial charge in [0.1, 0.15) is 0 Å². The summed E-state index contributed by atoms with van der Waals surface area (Å²) >= 11 is 6.02. The number of aromatic nitrogens is 2. The topological polar surface area (TPSA) is 79.7 Å². The second-order valence-corrected chi connectivity index (χ2v) is 7.95. The molecule has 0 aliphatic carbocycles. The average molecular weight is 454 g/mol. The fraction of sp³-hybridized carbons (Fsp3) is 0.261.